The molecule has 0 aliphatic heterocycles. The molecule has 0 aromatic heterocycles. The predicted molar refractivity (Wildman–Crippen MR) is 57.4 cm³/mol. The van der Waals surface area contributed by atoms with Crippen LogP contribution in [0, 0.1) is 5.92 Å². The first-order valence-corrected chi connectivity index (χ1v) is 5.12. The normalized spacial score (nSPS) is 17.5. The summed E-state index contributed by atoms with van der Waals surface area (Å²) in [5, 5.41) is 0. The molecule has 1 fully saturated rings. The average Bonchev–Trinajstić information content (AvgIpc) is 2.71. The minimum atomic E-state index is 0.752. The molecule has 0 saturated heterocycles. The third-order valence-electron chi connectivity index (χ3n) is 2.99. The van der Waals surface area contributed by atoms with E-state index in [-0.39, 0.29) is 0 Å². The Labute approximate surface area is 80.3 Å². The van der Waals surface area contributed by atoms with Crippen molar-refractivity contribution in [3.05, 3.63) is 42.5 Å². The summed E-state index contributed by atoms with van der Waals surface area (Å²) in [5.41, 5.74) is 2.67. The van der Waals surface area contributed by atoms with Gasteiger partial charge in [0.2, 0.25) is 0 Å². The van der Waals surface area contributed by atoms with Gasteiger partial charge in [-0.05, 0) is 29.9 Å². The molecule has 1 aliphatic carbocycles. The molecule has 0 amide bonds. The topological polar surface area (TPSA) is 0 Å². The summed E-state index contributed by atoms with van der Waals surface area (Å²) in [7, 11) is 0. The lowest BCUT2D eigenvalue weighted by Crippen LogP contribution is -1.95. The van der Waals surface area contributed by atoms with Crippen LogP contribution in [0.15, 0.2) is 36.9 Å². The van der Waals surface area contributed by atoms with E-state index in [4.69, 9.17) is 0 Å². The van der Waals surface area contributed by atoms with E-state index in [1.165, 1.54) is 36.8 Å². The molecule has 1 saturated carbocycles. The van der Waals surface area contributed by atoms with Crippen LogP contribution in [0.3, 0.4) is 0 Å². The van der Waals surface area contributed by atoms with Crippen LogP contribution in [0.1, 0.15) is 31.2 Å². The van der Waals surface area contributed by atoms with Crippen LogP contribution >= 0.6 is 0 Å². The standard InChI is InChI=1S/C13H16/c1-11(13-9-5-6-10-13)12-7-3-2-4-8-12/h2-4,7-8,13H,1,5-6,9-10H2. The lowest BCUT2D eigenvalue weighted by Gasteiger charge is -2.12. The SMILES string of the molecule is C=C(c1ccccc1)C1CCCC1. The van der Waals surface area contributed by atoms with Gasteiger partial charge in [0.15, 0.2) is 0 Å². The van der Waals surface area contributed by atoms with Crippen LogP contribution in [-0.4, -0.2) is 0 Å². The summed E-state index contributed by atoms with van der Waals surface area (Å²) < 4.78 is 0. The summed E-state index contributed by atoms with van der Waals surface area (Å²) >= 11 is 0. The van der Waals surface area contributed by atoms with Gasteiger partial charge in [0, 0.05) is 0 Å². The summed E-state index contributed by atoms with van der Waals surface area (Å²) in [6.07, 6.45) is 5.45. The van der Waals surface area contributed by atoms with E-state index in [1.807, 2.05) is 0 Å². The van der Waals surface area contributed by atoms with Crippen molar-refractivity contribution in [1.82, 2.24) is 0 Å². The molecule has 13 heavy (non-hydrogen) atoms. The zero-order valence-corrected chi connectivity index (χ0v) is 8.00. The highest BCUT2D eigenvalue weighted by Crippen LogP contribution is 2.35. The molecule has 68 valence electrons. The van der Waals surface area contributed by atoms with E-state index in [0.717, 1.165) is 5.92 Å². The molecule has 1 aromatic rings. The quantitative estimate of drug-likeness (QED) is 0.635. The lowest BCUT2D eigenvalue weighted by molar-refractivity contribution is 0.707. The first kappa shape index (κ1) is 8.55. The van der Waals surface area contributed by atoms with Gasteiger partial charge in [0.1, 0.15) is 0 Å². The molecule has 0 bridgehead atoms. The Morgan fingerprint density at radius 3 is 2.31 bits per heavy atom. The van der Waals surface area contributed by atoms with Crippen LogP contribution in [-0.2, 0) is 0 Å². The van der Waals surface area contributed by atoms with Crippen molar-refractivity contribution in [1.29, 1.82) is 0 Å². The fraction of sp³-hybridized carbons (Fsp3) is 0.385. The number of rotatable bonds is 2. The smallest absolute Gasteiger partial charge is 0.0162 e. The van der Waals surface area contributed by atoms with Crippen molar-refractivity contribution in [2.24, 2.45) is 5.92 Å². The molecule has 0 unspecified atom stereocenters. The van der Waals surface area contributed by atoms with E-state index < -0.39 is 0 Å². The van der Waals surface area contributed by atoms with Crippen molar-refractivity contribution < 1.29 is 0 Å². The van der Waals surface area contributed by atoms with Crippen molar-refractivity contribution in [3.63, 3.8) is 0 Å². The highest BCUT2D eigenvalue weighted by atomic mass is 14.2. The largest absolute Gasteiger partial charge is 0.0950 e. The Morgan fingerprint density at radius 2 is 1.69 bits per heavy atom. The maximum Gasteiger partial charge on any atom is -0.0162 e. The Kier molecular flexibility index (Phi) is 2.49. The zero-order valence-electron chi connectivity index (χ0n) is 8.00. The molecule has 0 heteroatoms. The van der Waals surface area contributed by atoms with Crippen molar-refractivity contribution in [2.75, 3.05) is 0 Å². The minimum Gasteiger partial charge on any atom is -0.0950 e. The van der Waals surface area contributed by atoms with Gasteiger partial charge in [-0.2, -0.15) is 0 Å². The summed E-state index contributed by atoms with van der Waals surface area (Å²) in [6.45, 7) is 4.21. The Hall–Kier alpha value is -1.04. The van der Waals surface area contributed by atoms with Gasteiger partial charge in [-0.1, -0.05) is 49.8 Å². The predicted octanol–water partition coefficient (Wildman–Crippen LogP) is 3.89. The minimum absolute atomic E-state index is 0.752. The van der Waals surface area contributed by atoms with E-state index in [2.05, 4.69) is 36.9 Å². The van der Waals surface area contributed by atoms with E-state index in [9.17, 15) is 0 Å². The molecular weight excluding hydrogens is 156 g/mol. The monoisotopic (exact) mass is 172 g/mol. The third kappa shape index (κ3) is 1.82. The van der Waals surface area contributed by atoms with E-state index in [0.29, 0.717) is 0 Å². The third-order valence-corrected chi connectivity index (χ3v) is 2.99. The highest BCUT2D eigenvalue weighted by molar-refractivity contribution is 5.65. The lowest BCUT2D eigenvalue weighted by atomic mass is 9.93. The number of hydrogen-bond donors (Lipinski definition) is 0. The Balaban J connectivity index is 2.13. The molecule has 0 radical (unpaired) electrons. The maximum atomic E-state index is 4.21. The van der Waals surface area contributed by atoms with Gasteiger partial charge in [0.25, 0.3) is 0 Å². The van der Waals surface area contributed by atoms with Crippen molar-refractivity contribution in [2.45, 2.75) is 25.7 Å². The molecule has 1 aromatic carbocycles. The van der Waals surface area contributed by atoms with Gasteiger partial charge < -0.3 is 0 Å². The van der Waals surface area contributed by atoms with Gasteiger partial charge in [-0.3, -0.25) is 0 Å². The Morgan fingerprint density at radius 1 is 1.08 bits per heavy atom. The number of benzene rings is 1. The molecule has 2 rings (SSSR count). The van der Waals surface area contributed by atoms with Gasteiger partial charge in [-0.25, -0.2) is 0 Å². The van der Waals surface area contributed by atoms with Crippen molar-refractivity contribution >= 4 is 5.57 Å². The highest BCUT2D eigenvalue weighted by Gasteiger charge is 2.18. The second-order valence-electron chi connectivity index (χ2n) is 3.87. The summed E-state index contributed by atoms with van der Waals surface area (Å²) in [5.74, 6) is 0.752. The molecule has 0 N–H and O–H groups in total. The zero-order chi connectivity index (χ0) is 9.10. The first-order chi connectivity index (χ1) is 6.38. The molecule has 0 spiro atoms. The second kappa shape index (κ2) is 3.78. The second-order valence-corrected chi connectivity index (χ2v) is 3.87. The van der Waals surface area contributed by atoms with Crippen LogP contribution in [0.5, 0.6) is 0 Å². The summed E-state index contributed by atoms with van der Waals surface area (Å²) in [6, 6.07) is 10.6. The van der Waals surface area contributed by atoms with Crippen LogP contribution < -0.4 is 0 Å². The maximum absolute atomic E-state index is 4.21. The number of hydrogen-bond acceptors (Lipinski definition) is 0. The van der Waals surface area contributed by atoms with Gasteiger partial charge in [-0.15, -0.1) is 0 Å². The van der Waals surface area contributed by atoms with Crippen molar-refractivity contribution in [3.8, 4) is 0 Å². The van der Waals surface area contributed by atoms with Gasteiger partial charge in [0.05, 0.1) is 0 Å². The van der Waals surface area contributed by atoms with E-state index >= 15 is 0 Å². The molecule has 0 nitrogen and oxygen atoms in total. The van der Waals surface area contributed by atoms with Crippen LogP contribution in [0.2, 0.25) is 0 Å². The fourth-order valence-electron chi connectivity index (χ4n) is 2.16. The fourth-order valence-corrected chi connectivity index (χ4v) is 2.16. The van der Waals surface area contributed by atoms with Crippen LogP contribution in [0.4, 0.5) is 0 Å². The van der Waals surface area contributed by atoms with Crippen LogP contribution in [0.25, 0.3) is 5.57 Å². The summed E-state index contributed by atoms with van der Waals surface area (Å²) in [4.78, 5) is 0. The average molecular weight is 172 g/mol. The van der Waals surface area contributed by atoms with E-state index in [1.54, 1.807) is 0 Å². The molecule has 0 atom stereocenters. The molecular formula is C13H16. The van der Waals surface area contributed by atoms with Gasteiger partial charge >= 0.3 is 0 Å². The molecule has 0 heterocycles. The Bertz CT molecular complexity index is 278. The first-order valence-electron chi connectivity index (χ1n) is 5.12. The molecule has 1 aliphatic rings. The number of allylic oxidation sites excluding steroid dienone is 1.